The SMILES string of the molecule is COc1ccc(C2=N/C(=C\c3cccc(OC(C)=O)c3)C(=O)O2)c(Br)c1. The molecule has 0 aliphatic carbocycles. The number of rotatable bonds is 4. The Hall–Kier alpha value is -2.93. The highest BCUT2D eigenvalue weighted by Crippen LogP contribution is 2.27. The Morgan fingerprint density at radius 2 is 2.00 bits per heavy atom. The van der Waals surface area contributed by atoms with Gasteiger partial charge in [-0.25, -0.2) is 9.79 Å². The molecule has 0 aromatic heterocycles. The summed E-state index contributed by atoms with van der Waals surface area (Å²) in [5.41, 5.74) is 1.45. The number of carbonyl (C=O) groups excluding carboxylic acids is 2. The van der Waals surface area contributed by atoms with Crippen molar-refractivity contribution in [1.82, 2.24) is 0 Å². The molecule has 0 atom stereocenters. The molecule has 6 nitrogen and oxygen atoms in total. The second-order valence-corrected chi connectivity index (χ2v) is 6.20. The maximum atomic E-state index is 12.1. The first-order chi connectivity index (χ1) is 12.5. The van der Waals surface area contributed by atoms with Crippen LogP contribution in [0.1, 0.15) is 18.1 Å². The van der Waals surface area contributed by atoms with E-state index in [2.05, 4.69) is 20.9 Å². The maximum absolute atomic E-state index is 12.1. The van der Waals surface area contributed by atoms with Crippen LogP contribution in [0.4, 0.5) is 0 Å². The van der Waals surface area contributed by atoms with Crippen molar-refractivity contribution in [3.05, 3.63) is 63.8 Å². The summed E-state index contributed by atoms with van der Waals surface area (Å²) in [7, 11) is 1.57. The molecule has 0 saturated carbocycles. The summed E-state index contributed by atoms with van der Waals surface area (Å²) in [6, 6.07) is 12.0. The van der Waals surface area contributed by atoms with Crippen LogP contribution < -0.4 is 9.47 Å². The monoisotopic (exact) mass is 415 g/mol. The van der Waals surface area contributed by atoms with E-state index in [1.54, 1.807) is 55.7 Å². The molecule has 0 fully saturated rings. The van der Waals surface area contributed by atoms with Crippen molar-refractivity contribution in [2.24, 2.45) is 4.99 Å². The molecular weight excluding hydrogens is 402 g/mol. The lowest BCUT2D eigenvalue weighted by Gasteiger charge is -2.05. The fourth-order valence-corrected chi connectivity index (χ4v) is 2.84. The number of esters is 2. The lowest BCUT2D eigenvalue weighted by atomic mass is 10.2. The highest BCUT2D eigenvalue weighted by molar-refractivity contribution is 9.10. The van der Waals surface area contributed by atoms with Crippen LogP contribution in [0.25, 0.3) is 6.08 Å². The van der Waals surface area contributed by atoms with E-state index in [0.29, 0.717) is 27.1 Å². The van der Waals surface area contributed by atoms with Gasteiger partial charge in [0, 0.05) is 11.4 Å². The molecule has 2 aromatic carbocycles. The van der Waals surface area contributed by atoms with E-state index >= 15 is 0 Å². The van der Waals surface area contributed by atoms with E-state index in [0.717, 1.165) is 0 Å². The van der Waals surface area contributed by atoms with E-state index in [1.807, 2.05) is 0 Å². The molecule has 1 aliphatic rings. The van der Waals surface area contributed by atoms with Gasteiger partial charge in [-0.15, -0.1) is 0 Å². The van der Waals surface area contributed by atoms with Gasteiger partial charge in [-0.05, 0) is 57.9 Å². The molecule has 132 valence electrons. The van der Waals surface area contributed by atoms with Gasteiger partial charge in [-0.1, -0.05) is 12.1 Å². The van der Waals surface area contributed by atoms with Crippen molar-refractivity contribution in [1.29, 1.82) is 0 Å². The molecule has 0 amide bonds. The summed E-state index contributed by atoms with van der Waals surface area (Å²) in [6.07, 6.45) is 1.57. The molecule has 1 heterocycles. The van der Waals surface area contributed by atoms with Crippen molar-refractivity contribution in [2.75, 3.05) is 7.11 Å². The third-order valence-electron chi connectivity index (χ3n) is 3.45. The minimum atomic E-state index is -0.555. The van der Waals surface area contributed by atoms with Crippen molar-refractivity contribution in [3.63, 3.8) is 0 Å². The highest BCUT2D eigenvalue weighted by atomic mass is 79.9. The average Bonchev–Trinajstić information content (AvgIpc) is 2.94. The van der Waals surface area contributed by atoms with Crippen LogP contribution in [0, 0.1) is 0 Å². The van der Waals surface area contributed by atoms with Gasteiger partial charge in [0.1, 0.15) is 11.5 Å². The number of cyclic esters (lactones) is 1. The second-order valence-electron chi connectivity index (χ2n) is 5.35. The van der Waals surface area contributed by atoms with Gasteiger partial charge >= 0.3 is 11.9 Å². The Balaban J connectivity index is 1.91. The van der Waals surface area contributed by atoms with Crippen LogP contribution >= 0.6 is 15.9 Å². The van der Waals surface area contributed by atoms with Crippen LogP contribution in [0.5, 0.6) is 11.5 Å². The summed E-state index contributed by atoms with van der Waals surface area (Å²) in [6.45, 7) is 1.32. The van der Waals surface area contributed by atoms with Crippen LogP contribution in [-0.4, -0.2) is 24.9 Å². The highest BCUT2D eigenvalue weighted by Gasteiger charge is 2.25. The largest absolute Gasteiger partial charge is 0.497 e. The van der Waals surface area contributed by atoms with Crippen LogP contribution in [0.15, 0.2) is 57.6 Å². The minimum Gasteiger partial charge on any atom is -0.497 e. The quantitative estimate of drug-likeness (QED) is 0.432. The van der Waals surface area contributed by atoms with Gasteiger partial charge in [0.15, 0.2) is 5.70 Å². The molecular formula is C19H14BrNO5. The number of ether oxygens (including phenoxy) is 3. The Labute approximate surface area is 158 Å². The van der Waals surface area contributed by atoms with Gasteiger partial charge in [0.05, 0.1) is 12.7 Å². The van der Waals surface area contributed by atoms with Gasteiger partial charge in [-0.3, -0.25) is 4.79 Å². The predicted octanol–water partition coefficient (Wildman–Crippen LogP) is 3.73. The number of carbonyl (C=O) groups is 2. The Bertz CT molecular complexity index is 949. The number of hydrogen-bond donors (Lipinski definition) is 0. The number of hydrogen-bond acceptors (Lipinski definition) is 6. The molecule has 26 heavy (non-hydrogen) atoms. The number of nitrogens with zero attached hydrogens (tertiary/aromatic N) is 1. The van der Waals surface area contributed by atoms with Crippen LogP contribution in [0.2, 0.25) is 0 Å². The Morgan fingerprint density at radius 1 is 1.19 bits per heavy atom. The fourth-order valence-electron chi connectivity index (χ4n) is 2.31. The lowest BCUT2D eigenvalue weighted by molar-refractivity contribution is -0.132. The maximum Gasteiger partial charge on any atom is 0.363 e. The first-order valence-corrected chi connectivity index (χ1v) is 8.40. The van der Waals surface area contributed by atoms with Crippen LogP contribution in [-0.2, 0) is 14.3 Å². The Kier molecular flexibility index (Phi) is 5.18. The van der Waals surface area contributed by atoms with Gasteiger partial charge < -0.3 is 14.2 Å². The molecule has 7 heteroatoms. The smallest absolute Gasteiger partial charge is 0.363 e. The Morgan fingerprint density at radius 3 is 2.69 bits per heavy atom. The molecule has 0 N–H and O–H groups in total. The van der Waals surface area contributed by atoms with Crippen molar-refractivity contribution < 1.29 is 23.8 Å². The lowest BCUT2D eigenvalue weighted by Crippen LogP contribution is -2.06. The van der Waals surface area contributed by atoms with Crippen LogP contribution in [0.3, 0.4) is 0 Å². The van der Waals surface area contributed by atoms with E-state index in [-0.39, 0.29) is 11.6 Å². The van der Waals surface area contributed by atoms with E-state index in [1.165, 1.54) is 6.92 Å². The van der Waals surface area contributed by atoms with Gasteiger partial charge in [0.25, 0.3) is 0 Å². The zero-order chi connectivity index (χ0) is 18.7. The summed E-state index contributed by atoms with van der Waals surface area (Å²) >= 11 is 3.42. The first-order valence-electron chi connectivity index (χ1n) is 7.61. The number of benzene rings is 2. The average molecular weight is 416 g/mol. The third-order valence-corrected chi connectivity index (χ3v) is 4.11. The fraction of sp³-hybridized carbons (Fsp3) is 0.105. The van der Waals surface area contributed by atoms with Gasteiger partial charge in [0.2, 0.25) is 5.90 Å². The zero-order valence-electron chi connectivity index (χ0n) is 14.0. The third kappa shape index (κ3) is 4.00. The molecule has 0 spiro atoms. The number of halogens is 1. The zero-order valence-corrected chi connectivity index (χ0v) is 15.6. The van der Waals surface area contributed by atoms with E-state index in [9.17, 15) is 9.59 Å². The van der Waals surface area contributed by atoms with Gasteiger partial charge in [-0.2, -0.15) is 0 Å². The molecule has 0 radical (unpaired) electrons. The summed E-state index contributed by atoms with van der Waals surface area (Å²) in [5.74, 6) is 0.288. The molecule has 3 rings (SSSR count). The second kappa shape index (κ2) is 7.53. The summed E-state index contributed by atoms with van der Waals surface area (Å²) in [5, 5.41) is 0. The number of methoxy groups -OCH3 is 1. The molecule has 0 saturated heterocycles. The molecule has 0 unspecified atom stereocenters. The first kappa shape index (κ1) is 17.9. The summed E-state index contributed by atoms with van der Waals surface area (Å²) in [4.78, 5) is 27.4. The number of aliphatic imine (C=N–C) groups is 1. The molecule has 0 bridgehead atoms. The van der Waals surface area contributed by atoms with E-state index < -0.39 is 11.9 Å². The minimum absolute atomic E-state index is 0.155. The standard InChI is InChI=1S/C19H14BrNO5/c1-11(22)25-14-5-3-4-12(8-14)9-17-19(23)26-18(21-17)15-7-6-13(24-2)10-16(15)20/h3-10H,1-2H3/b17-9-. The van der Waals surface area contributed by atoms with Crippen molar-refractivity contribution >= 4 is 39.8 Å². The molecule has 1 aliphatic heterocycles. The molecule has 2 aromatic rings. The summed E-state index contributed by atoms with van der Waals surface area (Å²) < 4.78 is 16.1. The predicted molar refractivity (Wildman–Crippen MR) is 99.1 cm³/mol. The van der Waals surface area contributed by atoms with Crippen molar-refractivity contribution in [2.45, 2.75) is 6.92 Å². The van der Waals surface area contributed by atoms with Crippen molar-refractivity contribution in [3.8, 4) is 11.5 Å². The normalized spacial score (nSPS) is 14.8. The van der Waals surface area contributed by atoms with E-state index in [4.69, 9.17) is 14.2 Å². The topological polar surface area (TPSA) is 74.2 Å².